The van der Waals surface area contributed by atoms with E-state index >= 15 is 0 Å². The molecule has 3 fully saturated rings. The highest BCUT2D eigenvalue weighted by molar-refractivity contribution is 4.92. The minimum absolute atomic E-state index is 0.373. The minimum Gasteiger partial charge on any atom is -0.364 e. The van der Waals surface area contributed by atoms with Crippen molar-refractivity contribution in [3.63, 3.8) is 0 Å². The molecule has 64 valence electrons. The topological polar surface area (TPSA) is 32.7 Å². The van der Waals surface area contributed by atoms with Crippen LogP contribution in [0.5, 0.6) is 0 Å². The number of aliphatic hydroxyl groups is 1. The molecule has 0 aromatic carbocycles. The molecule has 3 heterocycles. The SMILES string of the molecule is COC1(O)CN2CCC1CC2. The Labute approximate surface area is 66.9 Å². The molecule has 0 aliphatic carbocycles. The van der Waals surface area contributed by atoms with Crippen molar-refractivity contribution in [3.8, 4) is 0 Å². The summed E-state index contributed by atoms with van der Waals surface area (Å²) >= 11 is 0. The maximum absolute atomic E-state index is 9.91. The molecule has 3 aliphatic rings. The maximum Gasteiger partial charge on any atom is 0.180 e. The number of methoxy groups -OCH3 is 1. The average Bonchev–Trinajstić information content (AvgIpc) is 2.06. The van der Waals surface area contributed by atoms with Crippen LogP contribution in [0.1, 0.15) is 12.8 Å². The minimum atomic E-state index is -0.837. The van der Waals surface area contributed by atoms with Gasteiger partial charge in [0.15, 0.2) is 5.79 Å². The van der Waals surface area contributed by atoms with Crippen LogP contribution in [0.15, 0.2) is 0 Å². The van der Waals surface area contributed by atoms with Crippen molar-refractivity contribution in [3.05, 3.63) is 0 Å². The Balaban J connectivity index is 2.13. The lowest BCUT2D eigenvalue weighted by atomic mass is 9.83. The van der Waals surface area contributed by atoms with Gasteiger partial charge in [0.05, 0.1) is 6.54 Å². The zero-order valence-electron chi connectivity index (χ0n) is 6.92. The molecule has 0 aromatic rings. The Bertz CT molecular complexity index is 154. The molecule has 3 aliphatic heterocycles. The van der Waals surface area contributed by atoms with Crippen LogP contribution in [0.2, 0.25) is 0 Å². The van der Waals surface area contributed by atoms with Gasteiger partial charge in [-0.25, -0.2) is 0 Å². The summed E-state index contributed by atoms with van der Waals surface area (Å²) < 4.78 is 5.13. The zero-order valence-corrected chi connectivity index (χ0v) is 6.92. The molecule has 11 heavy (non-hydrogen) atoms. The number of piperidine rings is 3. The summed E-state index contributed by atoms with van der Waals surface area (Å²) in [6, 6.07) is 0. The van der Waals surface area contributed by atoms with Crippen molar-refractivity contribution in [1.82, 2.24) is 4.90 Å². The fraction of sp³-hybridized carbons (Fsp3) is 1.00. The predicted octanol–water partition coefficient (Wildman–Crippen LogP) is 0.0470. The van der Waals surface area contributed by atoms with Gasteiger partial charge in [-0.15, -0.1) is 0 Å². The second-order valence-corrected chi connectivity index (χ2v) is 3.60. The highest BCUT2D eigenvalue weighted by Gasteiger charge is 2.45. The van der Waals surface area contributed by atoms with E-state index in [1.807, 2.05) is 0 Å². The van der Waals surface area contributed by atoms with E-state index in [2.05, 4.69) is 4.90 Å². The van der Waals surface area contributed by atoms with E-state index in [4.69, 9.17) is 4.74 Å². The van der Waals surface area contributed by atoms with Gasteiger partial charge in [0.2, 0.25) is 0 Å². The van der Waals surface area contributed by atoms with Crippen molar-refractivity contribution < 1.29 is 9.84 Å². The summed E-state index contributed by atoms with van der Waals surface area (Å²) in [5.74, 6) is -0.464. The molecule has 0 amide bonds. The highest BCUT2D eigenvalue weighted by atomic mass is 16.6. The Kier molecular flexibility index (Phi) is 1.67. The number of ether oxygens (including phenoxy) is 1. The van der Waals surface area contributed by atoms with Crippen LogP contribution in [-0.4, -0.2) is 42.5 Å². The molecule has 3 saturated heterocycles. The summed E-state index contributed by atoms with van der Waals surface area (Å²) in [7, 11) is 1.60. The Hall–Kier alpha value is -0.120. The van der Waals surface area contributed by atoms with Crippen LogP contribution in [-0.2, 0) is 4.74 Å². The van der Waals surface area contributed by atoms with Crippen molar-refractivity contribution in [2.45, 2.75) is 18.6 Å². The number of hydrogen-bond acceptors (Lipinski definition) is 3. The number of fused-ring (bicyclic) bond motifs is 3. The van der Waals surface area contributed by atoms with Crippen LogP contribution in [0.25, 0.3) is 0 Å². The van der Waals surface area contributed by atoms with Crippen LogP contribution < -0.4 is 0 Å². The van der Waals surface area contributed by atoms with Gasteiger partial charge in [-0.05, 0) is 25.9 Å². The Morgan fingerprint density at radius 2 is 2.09 bits per heavy atom. The first-order chi connectivity index (χ1) is 5.24. The van der Waals surface area contributed by atoms with Crippen molar-refractivity contribution in [2.24, 2.45) is 5.92 Å². The van der Waals surface area contributed by atoms with E-state index in [1.165, 1.54) is 0 Å². The molecule has 3 heteroatoms. The molecular weight excluding hydrogens is 142 g/mol. The third-order valence-electron chi connectivity index (χ3n) is 3.03. The van der Waals surface area contributed by atoms with Gasteiger partial charge in [0.25, 0.3) is 0 Å². The molecule has 3 rings (SSSR count). The van der Waals surface area contributed by atoms with E-state index in [-0.39, 0.29) is 0 Å². The lowest BCUT2D eigenvalue weighted by Gasteiger charge is -2.49. The monoisotopic (exact) mass is 157 g/mol. The molecular formula is C8H15NO2. The van der Waals surface area contributed by atoms with Crippen LogP contribution in [0.4, 0.5) is 0 Å². The van der Waals surface area contributed by atoms with Gasteiger partial charge < -0.3 is 9.84 Å². The van der Waals surface area contributed by atoms with E-state index in [0.29, 0.717) is 12.5 Å². The second-order valence-electron chi connectivity index (χ2n) is 3.60. The molecule has 1 N–H and O–H groups in total. The van der Waals surface area contributed by atoms with Gasteiger partial charge >= 0.3 is 0 Å². The standard InChI is InChI=1S/C8H15NO2/c1-11-8(10)6-9-4-2-7(8)3-5-9/h7,10H,2-6H2,1H3. The normalized spacial score (nSPS) is 49.6. The first-order valence-corrected chi connectivity index (χ1v) is 4.24. The average molecular weight is 157 g/mol. The van der Waals surface area contributed by atoms with Crippen LogP contribution >= 0.6 is 0 Å². The van der Waals surface area contributed by atoms with Crippen molar-refractivity contribution >= 4 is 0 Å². The number of hydrogen-bond donors (Lipinski definition) is 1. The van der Waals surface area contributed by atoms with Gasteiger partial charge in [-0.1, -0.05) is 0 Å². The zero-order chi connectivity index (χ0) is 7.90. The van der Waals surface area contributed by atoms with Crippen LogP contribution in [0, 0.1) is 5.92 Å². The first kappa shape index (κ1) is 7.53. The van der Waals surface area contributed by atoms with Gasteiger partial charge in [-0.2, -0.15) is 0 Å². The Morgan fingerprint density at radius 3 is 2.36 bits per heavy atom. The molecule has 0 aromatic heterocycles. The largest absolute Gasteiger partial charge is 0.364 e. The molecule has 2 bridgehead atoms. The molecule has 0 saturated carbocycles. The maximum atomic E-state index is 9.91. The van der Waals surface area contributed by atoms with E-state index in [9.17, 15) is 5.11 Å². The fourth-order valence-corrected chi connectivity index (χ4v) is 2.22. The van der Waals surface area contributed by atoms with E-state index in [1.54, 1.807) is 7.11 Å². The van der Waals surface area contributed by atoms with Crippen LogP contribution in [0.3, 0.4) is 0 Å². The lowest BCUT2D eigenvalue weighted by molar-refractivity contribution is -0.263. The Morgan fingerprint density at radius 1 is 1.45 bits per heavy atom. The number of nitrogens with zero attached hydrogens (tertiary/aromatic N) is 1. The van der Waals surface area contributed by atoms with E-state index in [0.717, 1.165) is 25.9 Å². The highest BCUT2D eigenvalue weighted by Crippen LogP contribution is 2.35. The smallest absolute Gasteiger partial charge is 0.180 e. The summed E-state index contributed by atoms with van der Waals surface area (Å²) in [6.07, 6.45) is 2.18. The van der Waals surface area contributed by atoms with Gasteiger partial charge in [0, 0.05) is 13.0 Å². The molecule has 0 radical (unpaired) electrons. The second kappa shape index (κ2) is 2.44. The quantitative estimate of drug-likeness (QED) is 0.546. The molecule has 0 spiro atoms. The molecule has 1 unspecified atom stereocenters. The van der Waals surface area contributed by atoms with E-state index < -0.39 is 5.79 Å². The molecule has 3 nitrogen and oxygen atoms in total. The third-order valence-corrected chi connectivity index (χ3v) is 3.03. The van der Waals surface area contributed by atoms with Crippen molar-refractivity contribution in [2.75, 3.05) is 26.7 Å². The lowest BCUT2D eigenvalue weighted by Crippen LogP contribution is -2.59. The summed E-state index contributed by atoms with van der Waals surface area (Å²) in [5.41, 5.74) is 0. The van der Waals surface area contributed by atoms with Gasteiger partial charge in [0.1, 0.15) is 0 Å². The van der Waals surface area contributed by atoms with Crippen molar-refractivity contribution in [1.29, 1.82) is 0 Å². The number of rotatable bonds is 1. The molecule has 1 atom stereocenters. The summed E-state index contributed by atoms with van der Waals surface area (Å²) in [6.45, 7) is 2.97. The summed E-state index contributed by atoms with van der Waals surface area (Å²) in [4.78, 5) is 2.27. The summed E-state index contributed by atoms with van der Waals surface area (Å²) in [5, 5.41) is 9.91. The fourth-order valence-electron chi connectivity index (χ4n) is 2.22. The van der Waals surface area contributed by atoms with Gasteiger partial charge in [-0.3, -0.25) is 4.90 Å². The third kappa shape index (κ3) is 1.08. The first-order valence-electron chi connectivity index (χ1n) is 4.24. The predicted molar refractivity (Wildman–Crippen MR) is 41.1 cm³/mol.